The molecule has 19 heavy (non-hydrogen) atoms. The summed E-state index contributed by atoms with van der Waals surface area (Å²) in [5.41, 5.74) is 0.285. The van der Waals surface area contributed by atoms with Crippen molar-refractivity contribution >= 4 is 11.8 Å². The van der Waals surface area contributed by atoms with E-state index in [9.17, 15) is 9.59 Å². The number of piperidine rings is 1. The van der Waals surface area contributed by atoms with Crippen molar-refractivity contribution in [1.82, 2.24) is 10.2 Å². The predicted octanol–water partition coefficient (Wildman–Crippen LogP) is 1.28. The first-order valence-corrected chi connectivity index (χ1v) is 6.74. The van der Waals surface area contributed by atoms with Crippen LogP contribution < -0.4 is 5.32 Å². The van der Waals surface area contributed by atoms with Crippen LogP contribution in [0, 0.1) is 11.3 Å². The highest BCUT2D eigenvalue weighted by molar-refractivity contribution is 5.95. The molecule has 0 aromatic heterocycles. The molecule has 100 valence electrons. The van der Waals surface area contributed by atoms with Crippen molar-refractivity contribution in [2.24, 2.45) is 11.3 Å². The van der Waals surface area contributed by atoms with Crippen LogP contribution in [-0.4, -0.2) is 36.3 Å². The number of rotatable bonds is 1. The number of nitrogens with zero attached hydrogens (tertiary/aromatic N) is 1. The number of benzene rings is 1. The third-order valence-corrected chi connectivity index (χ3v) is 4.47. The molecule has 4 heteroatoms. The molecular formula is C15H18N2O2. The third-order valence-electron chi connectivity index (χ3n) is 4.47. The van der Waals surface area contributed by atoms with E-state index in [-0.39, 0.29) is 17.7 Å². The van der Waals surface area contributed by atoms with E-state index in [1.807, 2.05) is 42.2 Å². The third kappa shape index (κ3) is 1.91. The molecule has 2 fully saturated rings. The van der Waals surface area contributed by atoms with Crippen LogP contribution in [0.15, 0.2) is 30.3 Å². The lowest BCUT2D eigenvalue weighted by Crippen LogP contribution is -2.49. The van der Waals surface area contributed by atoms with E-state index in [1.54, 1.807) is 0 Å². The first kappa shape index (κ1) is 12.2. The Hall–Kier alpha value is -1.84. The number of nitrogens with one attached hydrogen (secondary N) is 1. The highest BCUT2D eigenvalue weighted by Gasteiger charge is 2.51. The maximum atomic E-state index is 12.4. The number of likely N-dealkylation sites (tertiary alicyclic amines) is 1. The summed E-state index contributed by atoms with van der Waals surface area (Å²) in [5, 5.41) is 2.92. The molecule has 1 N–H and O–H groups in total. The van der Waals surface area contributed by atoms with E-state index in [4.69, 9.17) is 0 Å². The summed E-state index contributed by atoms with van der Waals surface area (Å²) >= 11 is 0. The lowest BCUT2D eigenvalue weighted by atomic mass is 9.75. The monoisotopic (exact) mass is 258 g/mol. The van der Waals surface area contributed by atoms with Crippen LogP contribution in [-0.2, 0) is 4.79 Å². The zero-order valence-corrected chi connectivity index (χ0v) is 11.1. The van der Waals surface area contributed by atoms with Crippen molar-refractivity contribution in [2.45, 2.75) is 13.3 Å². The number of hydrogen-bond donors (Lipinski definition) is 1. The van der Waals surface area contributed by atoms with Gasteiger partial charge in [-0.25, -0.2) is 0 Å². The second-order valence-corrected chi connectivity index (χ2v) is 5.71. The summed E-state index contributed by atoms with van der Waals surface area (Å²) in [7, 11) is 0. The van der Waals surface area contributed by atoms with Gasteiger partial charge in [0.1, 0.15) is 0 Å². The lowest BCUT2D eigenvalue weighted by Gasteiger charge is -2.33. The molecule has 0 saturated carbocycles. The highest BCUT2D eigenvalue weighted by Crippen LogP contribution is 2.40. The minimum atomic E-state index is -0.414. The summed E-state index contributed by atoms with van der Waals surface area (Å²) in [6, 6.07) is 9.28. The Kier molecular flexibility index (Phi) is 2.81. The first-order valence-electron chi connectivity index (χ1n) is 6.74. The Morgan fingerprint density at radius 2 is 2.11 bits per heavy atom. The number of carbonyl (C=O) groups excluding carboxylic acids is 2. The molecule has 0 unspecified atom stereocenters. The minimum absolute atomic E-state index is 0.0315. The van der Waals surface area contributed by atoms with Crippen LogP contribution in [0.1, 0.15) is 23.7 Å². The Labute approximate surface area is 112 Å². The number of carbonyl (C=O) groups is 2. The zero-order valence-electron chi connectivity index (χ0n) is 11.1. The van der Waals surface area contributed by atoms with Gasteiger partial charge in [-0.1, -0.05) is 18.2 Å². The van der Waals surface area contributed by atoms with Crippen LogP contribution in [0.5, 0.6) is 0 Å². The normalized spacial score (nSPS) is 29.8. The molecule has 0 aliphatic carbocycles. The van der Waals surface area contributed by atoms with Gasteiger partial charge in [0.25, 0.3) is 5.91 Å². The van der Waals surface area contributed by atoms with Crippen molar-refractivity contribution in [2.75, 3.05) is 19.6 Å². The van der Waals surface area contributed by atoms with Crippen molar-refractivity contribution < 1.29 is 9.59 Å². The summed E-state index contributed by atoms with van der Waals surface area (Å²) in [5.74, 6) is 0.407. The average molecular weight is 258 g/mol. The molecule has 0 radical (unpaired) electrons. The van der Waals surface area contributed by atoms with Gasteiger partial charge < -0.3 is 10.2 Å². The molecule has 2 saturated heterocycles. The summed E-state index contributed by atoms with van der Waals surface area (Å²) in [6.45, 7) is 3.92. The van der Waals surface area contributed by atoms with Gasteiger partial charge in [0, 0.05) is 25.2 Å². The lowest BCUT2D eigenvalue weighted by molar-refractivity contribution is -0.133. The Morgan fingerprint density at radius 1 is 1.37 bits per heavy atom. The molecule has 2 heterocycles. The molecule has 4 nitrogen and oxygen atoms in total. The second kappa shape index (κ2) is 4.37. The highest BCUT2D eigenvalue weighted by atomic mass is 16.2. The summed E-state index contributed by atoms with van der Waals surface area (Å²) in [4.78, 5) is 26.3. The van der Waals surface area contributed by atoms with Gasteiger partial charge in [-0.05, 0) is 31.4 Å². The molecular weight excluding hydrogens is 240 g/mol. The van der Waals surface area contributed by atoms with Gasteiger partial charge in [0.15, 0.2) is 0 Å². The van der Waals surface area contributed by atoms with Gasteiger partial charge in [-0.3, -0.25) is 9.59 Å². The SMILES string of the molecule is C[C@]12CN(C(=O)c3ccccc3)C[C@H]1CCNC2=O. The number of amides is 2. The van der Waals surface area contributed by atoms with Gasteiger partial charge in [0.2, 0.25) is 5.91 Å². The van der Waals surface area contributed by atoms with E-state index < -0.39 is 5.41 Å². The second-order valence-electron chi connectivity index (χ2n) is 5.71. The molecule has 0 spiro atoms. The van der Waals surface area contributed by atoms with Crippen LogP contribution in [0.3, 0.4) is 0 Å². The quantitative estimate of drug-likeness (QED) is 0.825. The van der Waals surface area contributed by atoms with Crippen molar-refractivity contribution in [3.8, 4) is 0 Å². The van der Waals surface area contributed by atoms with E-state index in [2.05, 4.69) is 5.32 Å². The summed E-state index contributed by atoms with van der Waals surface area (Å²) < 4.78 is 0. The molecule has 0 bridgehead atoms. The fourth-order valence-electron chi connectivity index (χ4n) is 3.20. The fourth-order valence-corrected chi connectivity index (χ4v) is 3.20. The largest absolute Gasteiger partial charge is 0.356 e. The van der Waals surface area contributed by atoms with Gasteiger partial charge in [0.05, 0.1) is 5.41 Å². The van der Waals surface area contributed by atoms with E-state index in [0.29, 0.717) is 18.7 Å². The summed E-state index contributed by atoms with van der Waals surface area (Å²) in [6.07, 6.45) is 0.959. The zero-order chi connectivity index (χ0) is 13.5. The maximum Gasteiger partial charge on any atom is 0.253 e. The standard InChI is InChI=1S/C15H18N2O2/c1-15-10-17(9-12(15)7-8-16-14(15)19)13(18)11-5-3-2-4-6-11/h2-6,12H,7-10H2,1H3,(H,16,19)/t12-,15+/m1/s1. The average Bonchev–Trinajstić information content (AvgIpc) is 2.79. The van der Waals surface area contributed by atoms with Crippen LogP contribution in [0.2, 0.25) is 0 Å². The molecule has 3 rings (SSSR count). The van der Waals surface area contributed by atoms with Gasteiger partial charge >= 0.3 is 0 Å². The molecule has 2 aliphatic heterocycles. The number of fused-ring (bicyclic) bond motifs is 1. The molecule has 1 aromatic rings. The first-order chi connectivity index (χ1) is 9.11. The van der Waals surface area contributed by atoms with E-state index >= 15 is 0 Å². The van der Waals surface area contributed by atoms with Gasteiger partial charge in [-0.15, -0.1) is 0 Å². The van der Waals surface area contributed by atoms with E-state index in [1.165, 1.54) is 0 Å². The number of hydrogen-bond acceptors (Lipinski definition) is 2. The van der Waals surface area contributed by atoms with Crippen molar-refractivity contribution in [3.05, 3.63) is 35.9 Å². The molecule has 1 aromatic carbocycles. The molecule has 2 aliphatic rings. The van der Waals surface area contributed by atoms with Crippen LogP contribution >= 0.6 is 0 Å². The fraction of sp³-hybridized carbons (Fsp3) is 0.467. The molecule has 2 atom stereocenters. The topological polar surface area (TPSA) is 49.4 Å². The van der Waals surface area contributed by atoms with Crippen molar-refractivity contribution in [3.63, 3.8) is 0 Å². The minimum Gasteiger partial charge on any atom is -0.356 e. The van der Waals surface area contributed by atoms with Crippen LogP contribution in [0.25, 0.3) is 0 Å². The van der Waals surface area contributed by atoms with Crippen LogP contribution in [0.4, 0.5) is 0 Å². The van der Waals surface area contributed by atoms with Gasteiger partial charge in [-0.2, -0.15) is 0 Å². The smallest absolute Gasteiger partial charge is 0.253 e. The van der Waals surface area contributed by atoms with Crippen molar-refractivity contribution in [1.29, 1.82) is 0 Å². The molecule has 2 amide bonds. The predicted molar refractivity (Wildman–Crippen MR) is 71.6 cm³/mol. The van der Waals surface area contributed by atoms with E-state index in [0.717, 1.165) is 13.0 Å². The Balaban J connectivity index is 1.82. The Morgan fingerprint density at radius 3 is 2.79 bits per heavy atom. The Bertz CT molecular complexity index is 514. The maximum absolute atomic E-state index is 12.4.